The Balaban J connectivity index is 1.94. The second-order valence-corrected chi connectivity index (χ2v) is 5.67. The number of benzene rings is 1. The summed E-state index contributed by atoms with van der Waals surface area (Å²) in [6.45, 7) is 4.15. The number of halogens is 1. The molecule has 5 heteroatoms. The first-order valence-corrected chi connectivity index (χ1v) is 7.47. The van der Waals surface area contributed by atoms with E-state index in [1.807, 2.05) is 30.1 Å². The lowest BCUT2D eigenvalue weighted by atomic mass is 10.2. The molecule has 1 aromatic rings. The van der Waals surface area contributed by atoms with E-state index in [-0.39, 0.29) is 5.91 Å². The molecule has 0 unspecified atom stereocenters. The Morgan fingerprint density at radius 3 is 2.80 bits per heavy atom. The maximum Gasteiger partial charge on any atom is 0.239 e. The molecule has 1 fully saturated rings. The number of hydrogen-bond acceptors (Lipinski definition) is 3. The van der Waals surface area contributed by atoms with Crippen LogP contribution < -0.4 is 15.5 Å². The Labute approximate surface area is 125 Å². The average molecular weight is 296 g/mol. The molecule has 1 aliphatic rings. The highest BCUT2D eigenvalue weighted by atomic mass is 35.5. The third kappa shape index (κ3) is 4.39. The van der Waals surface area contributed by atoms with Gasteiger partial charge in [-0.2, -0.15) is 0 Å². The van der Waals surface area contributed by atoms with E-state index in [4.69, 9.17) is 11.6 Å². The number of nitrogens with zero attached hydrogens (tertiary/aromatic N) is 1. The van der Waals surface area contributed by atoms with Crippen molar-refractivity contribution in [1.82, 2.24) is 10.6 Å². The fourth-order valence-corrected chi connectivity index (χ4v) is 2.39. The molecule has 0 bridgehead atoms. The smallest absolute Gasteiger partial charge is 0.239 e. The minimum absolute atomic E-state index is 0.0581. The summed E-state index contributed by atoms with van der Waals surface area (Å²) in [5, 5.41) is 6.93. The number of carbonyl (C=O) groups is 1. The molecule has 1 saturated carbocycles. The van der Waals surface area contributed by atoms with Crippen LogP contribution in [0, 0.1) is 0 Å². The van der Waals surface area contributed by atoms with E-state index in [0.29, 0.717) is 17.6 Å². The highest BCUT2D eigenvalue weighted by Crippen LogP contribution is 2.26. The van der Waals surface area contributed by atoms with Crippen LogP contribution in [-0.2, 0) is 11.3 Å². The number of carbonyl (C=O) groups excluding carboxylic acids is 1. The van der Waals surface area contributed by atoms with E-state index in [0.717, 1.165) is 37.2 Å². The van der Waals surface area contributed by atoms with Crippen molar-refractivity contribution in [1.29, 1.82) is 0 Å². The van der Waals surface area contributed by atoms with Gasteiger partial charge in [-0.1, -0.05) is 24.6 Å². The van der Waals surface area contributed by atoms with Gasteiger partial charge < -0.3 is 15.5 Å². The molecule has 0 radical (unpaired) electrons. The maximum atomic E-state index is 11.8. The molecule has 0 heterocycles. The molecule has 4 nitrogen and oxygen atoms in total. The van der Waals surface area contributed by atoms with Crippen molar-refractivity contribution in [3.05, 3.63) is 28.8 Å². The third-order valence-electron chi connectivity index (χ3n) is 3.33. The molecule has 20 heavy (non-hydrogen) atoms. The van der Waals surface area contributed by atoms with Gasteiger partial charge in [-0.15, -0.1) is 0 Å². The van der Waals surface area contributed by atoms with Crippen molar-refractivity contribution in [2.75, 3.05) is 25.0 Å². The monoisotopic (exact) mass is 295 g/mol. The summed E-state index contributed by atoms with van der Waals surface area (Å²) in [5.41, 5.74) is 2.04. The van der Waals surface area contributed by atoms with Crippen molar-refractivity contribution < 1.29 is 4.79 Å². The van der Waals surface area contributed by atoms with Crippen LogP contribution in [0.15, 0.2) is 18.2 Å². The van der Waals surface area contributed by atoms with Gasteiger partial charge in [0.05, 0.1) is 17.3 Å². The fraction of sp³-hybridized carbons (Fsp3) is 0.533. The molecule has 0 aromatic heterocycles. The minimum Gasteiger partial charge on any atom is -0.364 e. The largest absolute Gasteiger partial charge is 0.364 e. The lowest BCUT2D eigenvalue weighted by molar-refractivity contribution is -0.119. The zero-order valence-corrected chi connectivity index (χ0v) is 12.8. The van der Waals surface area contributed by atoms with Gasteiger partial charge in [-0.25, -0.2) is 0 Å². The van der Waals surface area contributed by atoms with Crippen molar-refractivity contribution >= 4 is 23.2 Å². The summed E-state index contributed by atoms with van der Waals surface area (Å²) in [7, 11) is 1.89. The summed E-state index contributed by atoms with van der Waals surface area (Å²) in [6, 6.07) is 6.36. The summed E-state index contributed by atoms with van der Waals surface area (Å²) >= 11 is 6.30. The molecule has 0 saturated heterocycles. The zero-order chi connectivity index (χ0) is 14.5. The van der Waals surface area contributed by atoms with Crippen LogP contribution in [0.4, 0.5) is 5.69 Å². The Hall–Kier alpha value is -1.26. The third-order valence-corrected chi connectivity index (χ3v) is 3.63. The van der Waals surface area contributed by atoms with Gasteiger partial charge in [0.1, 0.15) is 0 Å². The number of nitrogens with one attached hydrogen (secondary N) is 2. The van der Waals surface area contributed by atoms with E-state index >= 15 is 0 Å². The van der Waals surface area contributed by atoms with Gasteiger partial charge in [0, 0.05) is 19.6 Å². The van der Waals surface area contributed by atoms with Crippen LogP contribution in [0.2, 0.25) is 5.02 Å². The molecule has 2 N–H and O–H groups in total. The summed E-state index contributed by atoms with van der Waals surface area (Å²) in [4.78, 5) is 13.7. The molecule has 1 aromatic carbocycles. The normalized spacial score (nSPS) is 14.2. The van der Waals surface area contributed by atoms with Gasteiger partial charge in [0.25, 0.3) is 0 Å². The lowest BCUT2D eigenvalue weighted by Gasteiger charge is -2.20. The van der Waals surface area contributed by atoms with Gasteiger partial charge in [0.2, 0.25) is 5.91 Å². The first-order valence-electron chi connectivity index (χ1n) is 7.09. The molecule has 0 atom stereocenters. The number of likely N-dealkylation sites (N-methyl/N-ethyl adjacent to an activating group) is 1. The lowest BCUT2D eigenvalue weighted by Crippen LogP contribution is -2.36. The number of amides is 1. The topological polar surface area (TPSA) is 44.4 Å². The second kappa shape index (κ2) is 6.95. The Morgan fingerprint density at radius 2 is 2.20 bits per heavy atom. The van der Waals surface area contributed by atoms with Gasteiger partial charge in [0.15, 0.2) is 0 Å². The molecule has 0 spiro atoms. The van der Waals surface area contributed by atoms with Crippen molar-refractivity contribution in [3.8, 4) is 0 Å². The first-order chi connectivity index (χ1) is 9.60. The van der Waals surface area contributed by atoms with Gasteiger partial charge in [-0.05, 0) is 37.1 Å². The van der Waals surface area contributed by atoms with Crippen LogP contribution in [0.5, 0.6) is 0 Å². The first kappa shape index (κ1) is 15.1. The van der Waals surface area contributed by atoms with Crippen LogP contribution in [0.1, 0.15) is 25.3 Å². The summed E-state index contributed by atoms with van der Waals surface area (Å²) < 4.78 is 0. The summed E-state index contributed by atoms with van der Waals surface area (Å²) in [6.07, 6.45) is 2.21. The second-order valence-electron chi connectivity index (χ2n) is 5.26. The maximum absolute atomic E-state index is 11.8. The van der Waals surface area contributed by atoms with Crippen molar-refractivity contribution in [2.24, 2.45) is 0 Å². The van der Waals surface area contributed by atoms with Crippen molar-refractivity contribution in [3.63, 3.8) is 0 Å². The standard InChI is InChI=1S/C15H22ClN3O/c1-3-17-9-11-4-7-14(13(16)8-11)19(2)10-15(20)18-12-5-6-12/h4,7-8,12,17H,3,5-6,9-10H2,1-2H3,(H,18,20). The number of anilines is 1. The van der Waals surface area contributed by atoms with Crippen LogP contribution in [0.3, 0.4) is 0 Å². The fourth-order valence-electron chi connectivity index (χ4n) is 2.04. The molecule has 1 amide bonds. The molecule has 1 aliphatic carbocycles. The van der Waals surface area contributed by atoms with E-state index in [1.54, 1.807) is 0 Å². The van der Waals surface area contributed by atoms with E-state index in [9.17, 15) is 4.79 Å². The zero-order valence-electron chi connectivity index (χ0n) is 12.1. The predicted octanol–water partition coefficient (Wildman–Crippen LogP) is 2.16. The van der Waals surface area contributed by atoms with Crippen molar-refractivity contribution in [2.45, 2.75) is 32.4 Å². The molecule has 0 aliphatic heterocycles. The van der Waals surface area contributed by atoms with E-state index in [1.165, 1.54) is 0 Å². The molecular formula is C15H22ClN3O. The van der Waals surface area contributed by atoms with E-state index in [2.05, 4.69) is 17.6 Å². The van der Waals surface area contributed by atoms with Crippen LogP contribution >= 0.6 is 11.6 Å². The Morgan fingerprint density at radius 1 is 1.45 bits per heavy atom. The van der Waals surface area contributed by atoms with Gasteiger partial charge >= 0.3 is 0 Å². The van der Waals surface area contributed by atoms with Crippen LogP contribution in [-0.4, -0.2) is 32.1 Å². The quantitative estimate of drug-likeness (QED) is 0.810. The van der Waals surface area contributed by atoms with Gasteiger partial charge in [-0.3, -0.25) is 4.79 Å². The summed E-state index contributed by atoms with van der Waals surface area (Å²) in [5.74, 6) is 0.0581. The Bertz CT molecular complexity index is 474. The Kier molecular flexibility index (Phi) is 5.26. The molecule has 110 valence electrons. The predicted molar refractivity (Wildman–Crippen MR) is 83.3 cm³/mol. The minimum atomic E-state index is 0.0581. The number of rotatable bonds is 7. The van der Waals surface area contributed by atoms with E-state index < -0.39 is 0 Å². The SMILES string of the molecule is CCNCc1ccc(N(C)CC(=O)NC2CC2)c(Cl)c1. The molecular weight excluding hydrogens is 274 g/mol. The number of hydrogen-bond donors (Lipinski definition) is 2. The highest BCUT2D eigenvalue weighted by molar-refractivity contribution is 6.33. The van der Waals surface area contributed by atoms with Crippen LogP contribution in [0.25, 0.3) is 0 Å². The average Bonchev–Trinajstić information content (AvgIpc) is 3.19. The highest BCUT2D eigenvalue weighted by Gasteiger charge is 2.23. The molecule has 2 rings (SSSR count).